The van der Waals surface area contributed by atoms with Gasteiger partial charge in [0.25, 0.3) is 0 Å². The lowest BCUT2D eigenvalue weighted by Crippen LogP contribution is -2.43. The Morgan fingerprint density at radius 1 is 1.19 bits per heavy atom. The van der Waals surface area contributed by atoms with Crippen molar-refractivity contribution < 1.29 is 22.6 Å². The van der Waals surface area contributed by atoms with E-state index in [0.29, 0.717) is 5.56 Å². The molecule has 21 heavy (non-hydrogen) atoms. The Balaban J connectivity index is 3.14. The standard InChI is InChI=1S/C15H22F3NO2/c1-5-14(6-2,20-4)13(19-3)11-8-7-9-12(10-11)21-15(16,17)18/h7-10,13,19H,5-6H2,1-4H3. The zero-order chi connectivity index (χ0) is 16.1. The zero-order valence-corrected chi connectivity index (χ0v) is 12.8. The molecule has 0 aliphatic rings. The third kappa shape index (κ3) is 4.35. The van der Waals surface area contributed by atoms with Crippen LogP contribution >= 0.6 is 0 Å². The Hall–Kier alpha value is -1.27. The highest BCUT2D eigenvalue weighted by Crippen LogP contribution is 2.36. The van der Waals surface area contributed by atoms with Crippen LogP contribution in [0.4, 0.5) is 13.2 Å². The summed E-state index contributed by atoms with van der Waals surface area (Å²) in [5.74, 6) is -0.225. The van der Waals surface area contributed by atoms with Crippen LogP contribution in [0.15, 0.2) is 24.3 Å². The van der Waals surface area contributed by atoms with Gasteiger partial charge in [-0.3, -0.25) is 0 Å². The number of halogens is 3. The Morgan fingerprint density at radius 2 is 1.81 bits per heavy atom. The van der Waals surface area contributed by atoms with Crippen LogP contribution in [-0.4, -0.2) is 26.1 Å². The molecule has 1 aromatic carbocycles. The van der Waals surface area contributed by atoms with Crippen molar-refractivity contribution in [3.05, 3.63) is 29.8 Å². The second-order valence-electron chi connectivity index (χ2n) is 4.82. The molecule has 1 aromatic rings. The maximum atomic E-state index is 12.3. The third-order valence-corrected chi connectivity index (χ3v) is 3.84. The number of hydrogen-bond acceptors (Lipinski definition) is 3. The van der Waals surface area contributed by atoms with Crippen molar-refractivity contribution in [1.82, 2.24) is 5.32 Å². The number of nitrogens with one attached hydrogen (secondary N) is 1. The molecule has 0 bridgehead atoms. The zero-order valence-electron chi connectivity index (χ0n) is 12.8. The van der Waals surface area contributed by atoms with Gasteiger partial charge in [0.15, 0.2) is 0 Å². The molecule has 3 nitrogen and oxygen atoms in total. The normalized spacial score (nSPS) is 14.0. The van der Waals surface area contributed by atoms with Crippen molar-refractivity contribution in [2.75, 3.05) is 14.2 Å². The molecule has 6 heteroatoms. The van der Waals surface area contributed by atoms with E-state index in [1.165, 1.54) is 12.1 Å². The fourth-order valence-corrected chi connectivity index (χ4v) is 2.69. The molecular formula is C15H22F3NO2. The molecule has 1 unspecified atom stereocenters. The van der Waals surface area contributed by atoms with E-state index >= 15 is 0 Å². The Bertz CT molecular complexity index is 437. The van der Waals surface area contributed by atoms with E-state index in [1.54, 1.807) is 26.3 Å². The van der Waals surface area contributed by atoms with Crippen molar-refractivity contribution >= 4 is 0 Å². The molecule has 0 aliphatic carbocycles. The van der Waals surface area contributed by atoms with Crippen LogP contribution in [0.5, 0.6) is 5.75 Å². The maximum absolute atomic E-state index is 12.3. The number of benzene rings is 1. The summed E-state index contributed by atoms with van der Waals surface area (Å²) < 4.78 is 46.6. The Kier molecular flexibility index (Phi) is 6.04. The Morgan fingerprint density at radius 3 is 2.24 bits per heavy atom. The lowest BCUT2D eigenvalue weighted by molar-refractivity contribution is -0.274. The number of ether oxygens (including phenoxy) is 2. The summed E-state index contributed by atoms with van der Waals surface area (Å²) in [7, 11) is 3.38. The smallest absolute Gasteiger partial charge is 0.406 e. The molecule has 1 atom stereocenters. The summed E-state index contributed by atoms with van der Waals surface area (Å²) >= 11 is 0. The second kappa shape index (κ2) is 7.13. The molecule has 0 amide bonds. The average molecular weight is 305 g/mol. The summed E-state index contributed by atoms with van der Waals surface area (Å²) in [6, 6.07) is 5.77. The number of hydrogen-bond donors (Lipinski definition) is 1. The quantitative estimate of drug-likeness (QED) is 0.824. The minimum atomic E-state index is -4.69. The first-order valence-corrected chi connectivity index (χ1v) is 6.90. The summed E-state index contributed by atoms with van der Waals surface area (Å²) in [6.45, 7) is 3.99. The summed E-state index contributed by atoms with van der Waals surface area (Å²) in [5.41, 5.74) is 0.218. The van der Waals surface area contributed by atoms with Crippen molar-refractivity contribution in [3.8, 4) is 5.75 Å². The van der Waals surface area contributed by atoms with Gasteiger partial charge in [0, 0.05) is 7.11 Å². The van der Waals surface area contributed by atoms with Crippen molar-refractivity contribution in [2.24, 2.45) is 0 Å². The van der Waals surface area contributed by atoms with Gasteiger partial charge in [-0.25, -0.2) is 0 Å². The molecule has 1 N–H and O–H groups in total. The van der Waals surface area contributed by atoms with Gasteiger partial charge < -0.3 is 14.8 Å². The molecule has 0 saturated heterocycles. The monoisotopic (exact) mass is 305 g/mol. The van der Waals surface area contributed by atoms with Gasteiger partial charge in [0.1, 0.15) is 5.75 Å². The highest BCUT2D eigenvalue weighted by molar-refractivity contribution is 5.32. The van der Waals surface area contributed by atoms with E-state index in [1.807, 2.05) is 13.8 Å². The SMILES string of the molecule is CCC(CC)(OC)C(NC)c1cccc(OC(F)(F)F)c1. The maximum Gasteiger partial charge on any atom is 0.573 e. The van der Waals surface area contributed by atoms with E-state index in [0.717, 1.165) is 12.8 Å². The summed E-state index contributed by atoms with van der Waals surface area (Å²) in [4.78, 5) is 0. The summed E-state index contributed by atoms with van der Waals surface area (Å²) in [5, 5.41) is 3.14. The number of likely N-dealkylation sites (N-methyl/N-ethyl adjacent to an activating group) is 1. The van der Waals surface area contributed by atoms with Crippen LogP contribution in [0.25, 0.3) is 0 Å². The van der Waals surface area contributed by atoms with E-state index in [2.05, 4.69) is 10.1 Å². The molecule has 0 spiro atoms. The van der Waals surface area contributed by atoms with Gasteiger partial charge in [0.05, 0.1) is 11.6 Å². The predicted octanol–water partition coefficient (Wildman–Crippen LogP) is 4.05. The van der Waals surface area contributed by atoms with E-state index in [4.69, 9.17) is 4.74 Å². The van der Waals surface area contributed by atoms with Crippen molar-refractivity contribution in [3.63, 3.8) is 0 Å². The minimum absolute atomic E-state index is 0.225. The first-order valence-electron chi connectivity index (χ1n) is 6.90. The van der Waals surface area contributed by atoms with Crippen LogP contribution in [-0.2, 0) is 4.74 Å². The van der Waals surface area contributed by atoms with Gasteiger partial charge in [-0.05, 0) is 37.6 Å². The predicted molar refractivity (Wildman–Crippen MR) is 75.2 cm³/mol. The largest absolute Gasteiger partial charge is 0.573 e. The lowest BCUT2D eigenvalue weighted by Gasteiger charge is -2.38. The van der Waals surface area contributed by atoms with Crippen LogP contribution in [0.2, 0.25) is 0 Å². The van der Waals surface area contributed by atoms with Crippen LogP contribution in [0.1, 0.15) is 38.3 Å². The van der Waals surface area contributed by atoms with Gasteiger partial charge in [-0.2, -0.15) is 0 Å². The average Bonchev–Trinajstić information content (AvgIpc) is 2.43. The van der Waals surface area contributed by atoms with Gasteiger partial charge in [-0.1, -0.05) is 26.0 Å². The number of rotatable bonds is 7. The molecule has 0 saturated carbocycles. The highest BCUT2D eigenvalue weighted by atomic mass is 19.4. The van der Waals surface area contributed by atoms with Gasteiger partial charge in [0.2, 0.25) is 0 Å². The van der Waals surface area contributed by atoms with E-state index in [9.17, 15) is 13.2 Å². The van der Waals surface area contributed by atoms with Crippen molar-refractivity contribution in [1.29, 1.82) is 0 Å². The first kappa shape index (κ1) is 17.8. The highest BCUT2D eigenvalue weighted by Gasteiger charge is 2.37. The lowest BCUT2D eigenvalue weighted by atomic mass is 9.84. The third-order valence-electron chi connectivity index (χ3n) is 3.84. The fourth-order valence-electron chi connectivity index (χ4n) is 2.69. The topological polar surface area (TPSA) is 30.5 Å². The first-order chi connectivity index (χ1) is 9.81. The van der Waals surface area contributed by atoms with Crippen LogP contribution in [0, 0.1) is 0 Å². The molecule has 1 rings (SSSR count). The number of methoxy groups -OCH3 is 1. The molecule has 0 heterocycles. The van der Waals surface area contributed by atoms with Crippen molar-refractivity contribution in [2.45, 2.75) is 44.7 Å². The molecule has 120 valence electrons. The fraction of sp³-hybridized carbons (Fsp3) is 0.600. The molecular weight excluding hydrogens is 283 g/mol. The number of alkyl halides is 3. The Labute approximate surface area is 123 Å². The van der Waals surface area contributed by atoms with Crippen LogP contribution < -0.4 is 10.1 Å². The minimum Gasteiger partial charge on any atom is -0.406 e. The van der Waals surface area contributed by atoms with Gasteiger partial charge >= 0.3 is 6.36 Å². The molecule has 0 aromatic heterocycles. The van der Waals surface area contributed by atoms with Gasteiger partial charge in [-0.15, -0.1) is 13.2 Å². The van der Waals surface area contributed by atoms with E-state index < -0.39 is 12.0 Å². The summed E-state index contributed by atoms with van der Waals surface area (Å²) in [6.07, 6.45) is -3.23. The molecule has 0 fully saturated rings. The van der Waals surface area contributed by atoms with E-state index in [-0.39, 0.29) is 11.8 Å². The van der Waals surface area contributed by atoms with Crippen LogP contribution in [0.3, 0.4) is 0 Å². The second-order valence-corrected chi connectivity index (χ2v) is 4.82. The molecule has 0 radical (unpaired) electrons. The molecule has 0 aliphatic heterocycles.